The summed E-state index contributed by atoms with van der Waals surface area (Å²) in [5.74, 6) is 0.644. The monoisotopic (exact) mass is 176 g/mol. The Morgan fingerprint density at radius 2 is 2.23 bits per heavy atom. The molecule has 0 spiro atoms. The van der Waals surface area contributed by atoms with Crippen molar-refractivity contribution < 1.29 is 9.53 Å². The van der Waals surface area contributed by atoms with E-state index in [0.29, 0.717) is 5.56 Å². The summed E-state index contributed by atoms with van der Waals surface area (Å²) < 4.78 is 5.09. The summed E-state index contributed by atoms with van der Waals surface area (Å²) in [4.78, 5) is 11.2. The lowest BCUT2D eigenvalue weighted by molar-refractivity contribution is 0.104. The van der Waals surface area contributed by atoms with Crippen molar-refractivity contribution in [2.24, 2.45) is 0 Å². The van der Waals surface area contributed by atoms with Crippen LogP contribution in [-0.2, 0) is 0 Å². The van der Waals surface area contributed by atoms with Gasteiger partial charge in [0.15, 0.2) is 5.78 Å². The summed E-state index contributed by atoms with van der Waals surface area (Å²) in [6.07, 6.45) is 1.30. The van der Waals surface area contributed by atoms with Crippen molar-refractivity contribution in [3.8, 4) is 5.75 Å². The zero-order chi connectivity index (χ0) is 9.84. The number of rotatable bonds is 3. The Labute approximate surface area is 77.8 Å². The molecule has 0 heterocycles. The van der Waals surface area contributed by atoms with Crippen LogP contribution in [0, 0.1) is 6.92 Å². The van der Waals surface area contributed by atoms with Crippen molar-refractivity contribution in [3.63, 3.8) is 0 Å². The highest BCUT2D eigenvalue weighted by atomic mass is 16.5. The van der Waals surface area contributed by atoms with Gasteiger partial charge in [-0.1, -0.05) is 18.7 Å². The van der Waals surface area contributed by atoms with Crippen LogP contribution in [0.5, 0.6) is 5.75 Å². The Balaban J connectivity index is 3.13. The molecule has 2 heteroatoms. The molecule has 1 aromatic rings. The third-order valence-electron chi connectivity index (χ3n) is 1.88. The molecule has 0 aliphatic heterocycles. The van der Waals surface area contributed by atoms with Gasteiger partial charge in [0.2, 0.25) is 0 Å². The largest absolute Gasteiger partial charge is 0.496 e. The van der Waals surface area contributed by atoms with Gasteiger partial charge in [-0.05, 0) is 24.6 Å². The van der Waals surface area contributed by atoms with E-state index in [-0.39, 0.29) is 5.78 Å². The van der Waals surface area contributed by atoms with Gasteiger partial charge in [-0.2, -0.15) is 0 Å². The lowest BCUT2D eigenvalue weighted by atomic mass is 10.1. The maximum atomic E-state index is 11.2. The second-order valence-corrected chi connectivity index (χ2v) is 2.75. The van der Waals surface area contributed by atoms with Crippen molar-refractivity contribution in [2.75, 3.05) is 7.11 Å². The third kappa shape index (κ3) is 1.96. The Bertz CT molecular complexity index is 340. The number of allylic oxidation sites excluding steroid dienone is 1. The minimum Gasteiger partial charge on any atom is -0.496 e. The SMILES string of the molecule is C=CC(=O)c1ccc(C)c(OC)c1. The number of hydrogen-bond donors (Lipinski definition) is 0. The number of methoxy groups -OCH3 is 1. The standard InChI is InChI=1S/C11H12O2/c1-4-10(12)9-6-5-8(2)11(7-9)13-3/h4-7H,1H2,2-3H3. The van der Waals surface area contributed by atoms with Gasteiger partial charge in [0.1, 0.15) is 5.75 Å². The maximum absolute atomic E-state index is 11.2. The van der Waals surface area contributed by atoms with Gasteiger partial charge in [-0.25, -0.2) is 0 Å². The van der Waals surface area contributed by atoms with Crippen LogP contribution in [0.1, 0.15) is 15.9 Å². The van der Waals surface area contributed by atoms with E-state index in [2.05, 4.69) is 6.58 Å². The highest BCUT2D eigenvalue weighted by molar-refractivity contribution is 6.04. The molecule has 0 radical (unpaired) electrons. The van der Waals surface area contributed by atoms with E-state index >= 15 is 0 Å². The zero-order valence-corrected chi connectivity index (χ0v) is 7.83. The maximum Gasteiger partial charge on any atom is 0.185 e. The van der Waals surface area contributed by atoms with Gasteiger partial charge in [-0.15, -0.1) is 0 Å². The van der Waals surface area contributed by atoms with Gasteiger partial charge in [0.05, 0.1) is 7.11 Å². The number of ketones is 1. The summed E-state index contributed by atoms with van der Waals surface area (Å²) in [6.45, 7) is 5.36. The molecule has 0 bridgehead atoms. The van der Waals surface area contributed by atoms with Crippen LogP contribution in [0.3, 0.4) is 0 Å². The third-order valence-corrected chi connectivity index (χ3v) is 1.88. The fraction of sp³-hybridized carbons (Fsp3) is 0.182. The van der Waals surface area contributed by atoms with E-state index in [9.17, 15) is 4.79 Å². The first-order chi connectivity index (χ1) is 6.19. The molecule has 0 aromatic heterocycles. The molecule has 1 rings (SSSR count). The van der Waals surface area contributed by atoms with Crippen molar-refractivity contribution >= 4 is 5.78 Å². The van der Waals surface area contributed by atoms with Crippen LogP contribution in [0.4, 0.5) is 0 Å². The minimum absolute atomic E-state index is 0.0849. The average molecular weight is 176 g/mol. The molecule has 68 valence electrons. The number of hydrogen-bond acceptors (Lipinski definition) is 2. The number of carbonyl (C=O) groups excluding carboxylic acids is 1. The second kappa shape index (κ2) is 3.90. The van der Waals surface area contributed by atoms with Crippen LogP contribution in [0.2, 0.25) is 0 Å². The fourth-order valence-corrected chi connectivity index (χ4v) is 1.09. The second-order valence-electron chi connectivity index (χ2n) is 2.75. The molecule has 0 saturated heterocycles. The van der Waals surface area contributed by atoms with Crippen LogP contribution in [0.25, 0.3) is 0 Å². The molecule has 0 unspecified atom stereocenters. The zero-order valence-electron chi connectivity index (χ0n) is 7.83. The molecule has 0 saturated carbocycles. The van der Waals surface area contributed by atoms with Crippen molar-refractivity contribution in [1.29, 1.82) is 0 Å². The predicted octanol–water partition coefficient (Wildman–Crippen LogP) is 2.37. The Morgan fingerprint density at radius 1 is 1.54 bits per heavy atom. The fourth-order valence-electron chi connectivity index (χ4n) is 1.09. The van der Waals surface area contributed by atoms with E-state index in [1.54, 1.807) is 19.2 Å². The summed E-state index contributed by atoms with van der Waals surface area (Å²) in [6, 6.07) is 5.34. The van der Waals surface area contributed by atoms with Gasteiger partial charge in [-0.3, -0.25) is 4.79 Å². The van der Waals surface area contributed by atoms with E-state index in [4.69, 9.17) is 4.74 Å². The van der Waals surface area contributed by atoms with E-state index in [1.807, 2.05) is 13.0 Å². The normalized spacial score (nSPS) is 9.38. The number of ether oxygens (including phenoxy) is 1. The quantitative estimate of drug-likeness (QED) is 0.522. The summed E-state index contributed by atoms with van der Waals surface area (Å²) >= 11 is 0. The van der Waals surface area contributed by atoms with E-state index < -0.39 is 0 Å². The molecular formula is C11H12O2. The van der Waals surface area contributed by atoms with Gasteiger partial charge in [0.25, 0.3) is 0 Å². The Hall–Kier alpha value is -1.57. The molecule has 0 amide bonds. The Morgan fingerprint density at radius 3 is 2.77 bits per heavy atom. The number of benzene rings is 1. The average Bonchev–Trinajstić information content (AvgIpc) is 2.17. The van der Waals surface area contributed by atoms with Crippen molar-refractivity contribution in [1.82, 2.24) is 0 Å². The molecular weight excluding hydrogens is 164 g/mol. The molecule has 0 fully saturated rings. The highest BCUT2D eigenvalue weighted by Gasteiger charge is 2.04. The van der Waals surface area contributed by atoms with E-state index in [0.717, 1.165) is 11.3 Å². The van der Waals surface area contributed by atoms with Crippen LogP contribution in [-0.4, -0.2) is 12.9 Å². The van der Waals surface area contributed by atoms with Crippen LogP contribution < -0.4 is 4.74 Å². The lowest BCUT2D eigenvalue weighted by Gasteiger charge is -2.05. The van der Waals surface area contributed by atoms with Crippen LogP contribution >= 0.6 is 0 Å². The highest BCUT2D eigenvalue weighted by Crippen LogP contribution is 2.19. The van der Waals surface area contributed by atoms with E-state index in [1.165, 1.54) is 6.08 Å². The first kappa shape index (κ1) is 9.52. The lowest BCUT2D eigenvalue weighted by Crippen LogP contribution is -1.95. The number of aryl methyl sites for hydroxylation is 1. The predicted molar refractivity (Wildman–Crippen MR) is 52.3 cm³/mol. The van der Waals surface area contributed by atoms with Gasteiger partial charge >= 0.3 is 0 Å². The van der Waals surface area contributed by atoms with Gasteiger partial charge < -0.3 is 4.74 Å². The molecule has 13 heavy (non-hydrogen) atoms. The molecule has 0 aliphatic rings. The van der Waals surface area contributed by atoms with Crippen LogP contribution in [0.15, 0.2) is 30.9 Å². The molecule has 0 aliphatic carbocycles. The molecule has 0 atom stereocenters. The van der Waals surface area contributed by atoms with Crippen molar-refractivity contribution in [3.05, 3.63) is 42.0 Å². The number of carbonyl (C=O) groups is 1. The first-order valence-electron chi connectivity index (χ1n) is 4.00. The van der Waals surface area contributed by atoms with Crippen molar-refractivity contribution in [2.45, 2.75) is 6.92 Å². The first-order valence-corrected chi connectivity index (χ1v) is 4.00. The Kier molecular flexibility index (Phi) is 2.85. The smallest absolute Gasteiger partial charge is 0.185 e. The molecule has 0 N–H and O–H groups in total. The topological polar surface area (TPSA) is 26.3 Å². The minimum atomic E-state index is -0.0849. The molecule has 1 aromatic carbocycles. The summed E-state index contributed by atoms with van der Waals surface area (Å²) in [5.41, 5.74) is 1.63. The summed E-state index contributed by atoms with van der Waals surface area (Å²) in [7, 11) is 1.59. The van der Waals surface area contributed by atoms with Gasteiger partial charge in [0, 0.05) is 5.56 Å². The molecule has 2 nitrogen and oxygen atoms in total. The summed E-state index contributed by atoms with van der Waals surface area (Å²) in [5, 5.41) is 0.